The van der Waals surface area contributed by atoms with Gasteiger partial charge in [-0.1, -0.05) is 0 Å². The minimum Gasteiger partial charge on any atom is -0.493 e. The fraction of sp³-hybridized carbons (Fsp3) is 0.0625. The van der Waals surface area contributed by atoms with E-state index in [-0.39, 0.29) is 35.1 Å². The van der Waals surface area contributed by atoms with Crippen LogP contribution in [-0.4, -0.2) is 33.3 Å². The number of aromatic nitrogens is 3. The van der Waals surface area contributed by atoms with Crippen LogP contribution < -0.4 is 20.3 Å². The predicted molar refractivity (Wildman–Crippen MR) is 159 cm³/mol. The summed E-state index contributed by atoms with van der Waals surface area (Å²) in [6.07, 6.45) is 6.54. The number of allylic oxidation sites excluding steroid dienone is 1. The van der Waals surface area contributed by atoms with Crippen LogP contribution in [0.15, 0.2) is 96.2 Å². The van der Waals surface area contributed by atoms with Crippen molar-refractivity contribution in [2.24, 2.45) is 0 Å². The van der Waals surface area contributed by atoms with E-state index in [2.05, 4.69) is 15.3 Å². The Morgan fingerprint density at radius 2 is 1.84 bits per heavy atom. The fourth-order valence-electron chi connectivity index (χ4n) is 4.41. The SMILES string of the molecule is CCOc1ccn(-c2ccc(F)cc2)c(=O)c1C(=O)Nc1ccc(O/C(=C/C=N)c2[nH]ccc2-c2ccnc(F)c2)c(F)c1. The Hall–Kier alpha value is -5.91. The van der Waals surface area contributed by atoms with E-state index in [4.69, 9.17) is 14.9 Å². The Kier molecular flexibility index (Phi) is 8.70. The van der Waals surface area contributed by atoms with E-state index in [1.165, 1.54) is 71.6 Å². The molecule has 0 saturated heterocycles. The Bertz CT molecular complexity index is 1930. The number of halogens is 3. The first-order chi connectivity index (χ1) is 21.3. The number of aromatic amines is 1. The van der Waals surface area contributed by atoms with Crippen molar-refractivity contribution in [2.45, 2.75) is 6.92 Å². The monoisotopic (exact) mass is 599 g/mol. The summed E-state index contributed by atoms with van der Waals surface area (Å²) >= 11 is 0. The van der Waals surface area contributed by atoms with Gasteiger partial charge in [-0.3, -0.25) is 14.2 Å². The molecule has 0 spiro atoms. The van der Waals surface area contributed by atoms with E-state index < -0.39 is 29.0 Å². The number of hydrogen-bond donors (Lipinski definition) is 3. The van der Waals surface area contributed by atoms with Crippen LogP contribution in [0.2, 0.25) is 0 Å². The molecule has 12 heteroatoms. The molecular formula is C32H24F3N5O4. The Morgan fingerprint density at radius 3 is 2.55 bits per heavy atom. The van der Waals surface area contributed by atoms with E-state index >= 15 is 4.39 Å². The molecule has 0 atom stereocenters. The van der Waals surface area contributed by atoms with Gasteiger partial charge < -0.3 is 25.2 Å². The zero-order valence-corrected chi connectivity index (χ0v) is 23.1. The molecule has 5 rings (SSSR count). The van der Waals surface area contributed by atoms with E-state index in [0.29, 0.717) is 22.5 Å². The number of hydrogen-bond acceptors (Lipinski definition) is 6. The highest BCUT2D eigenvalue weighted by atomic mass is 19.1. The number of carbonyl (C=O) groups is 1. The maximum absolute atomic E-state index is 15.3. The fourth-order valence-corrected chi connectivity index (χ4v) is 4.41. The summed E-state index contributed by atoms with van der Waals surface area (Å²) in [6, 6.07) is 14.7. The number of benzene rings is 2. The van der Waals surface area contributed by atoms with Crippen molar-refractivity contribution in [3.8, 4) is 28.3 Å². The predicted octanol–water partition coefficient (Wildman–Crippen LogP) is 6.37. The van der Waals surface area contributed by atoms with E-state index in [1.54, 1.807) is 25.3 Å². The van der Waals surface area contributed by atoms with Crippen molar-refractivity contribution in [2.75, 3.05) is 11.9 Å². The zero-order valence-electron chi connectivity index (χ0n) is 23.1. The number of pyridine rings is 2. The van der Waals surface area contributed by atoms with Crippen LogP contribution in [0.5, 0.6) is 11.5 Å². The average Bonchev–Trinajstić information content (AvgIpc) is 3.49. The van der Waals surface area contributed by atoms with Gasteiger partial charge in [0.15, 0.2) is 17.3 Å². The van der Waals surface area contributed by atoms with E-state index in [9.17, 15) is 18.4 Å². The van der Waals surface area contributed by atoms with Crippen LogP contribution in [0.4, 0.5) is 18.9 Å². The summed E-state index contributed by atoms with van der Waals surface area (Å²) < 4.78 is 54.9. The molecule has 3 heterocycles. The number of carbonyl (C=O) groups excluding carboxylic acids is 1. The molecule has 0 unspecified atom stereocenters. The molecule has 9 nitrogen and oxygen atoms in total. The minimum absolute atomic E-state index is 0.0179. The minimum atomic E-state index is -0.858. The molecule has 44 heavy (non-hydrogen) atoms. The molecule has 1 amide bonds. The van der Waals surface area contributed by atoms with Crippen molar-refractivity contribution >= 4 is 23.6 Å². The second kappa shape index (κ2) is 12.9. The molecule has 0 radical (unpaired) electrons. The van der Waals surface area contributed by atoms with Crippen LogP contribution in [0, 0.1) is 23.0 Å². The molecule has 3 aromatic heterocycles. The number of H-pyrrole nitrogens is 1. The lowest BCUT2D eigenvalue weighted by Gasteiger charge is -2.15. The maximum Gasteiger partial charge on any atom is 0.271 e. The summed E-state index contributed by atoms with van der Waals surface area (Å²) in [5.74, 6) is -3.03. The normalized spacial score (nSPS) is 11.2. The quantitative estimate of drug-likeness (QED) is 0.0979. The highest BCUT2D eigenvalue weighted by Crippen LogP contribution is 2.32. The standard InChI is InChI=1S/C32H24F3N5O4/c1-2-43-26-12-16-40(22-6-3-20(33)4-7-22)32(42)29(26)31(41)39-21-5-8-25(24(34)18-21)44-27(9-13-36)30-23(11-15-38-30)19-10-14-37-28(35)17-19/h3-18,36,38H,2H2,1H3,(H,39,41)/b27-9+,36-13?. The van der Waals surface area contributed by atoms with Gasteiger partial charge in [0.25, 0.3) is 11.5 Å². The summed E-state index contributed by atoms with van der Waals surface area (Å²) in [5, 5.41) is 10.0. The Balaban J connectivity index is 1.41. The van der Waals surface area contributed by atoms with Crippen molar-refractivity contribution in [1.82, 2.24) is 14.5 Å². The molecule has 0 saturated carbocycles. The van der Waals surface area contributed by atoms with Crippen LogP contribution in [0.25, 0.3) is 22.6 Å². The summed E-state index contributed by atoms with van der Waals surface area (Å²) in [7, 11) is 0. The molecule has 5 aromatic rings. The molecular weight excluding hydrogens is 575 g/mol. The zero-order chi connectivity index (χ0) is 31.2. The molecule has 2 aromatic carbocycles. The van der Waals surface area contributed by atoms with Crippen molar-refractivity contribution in [1.29, 1.82) is 5.41 Å². The first-order valence-corrected chi connectivity index (χ1v) is 13.2. The van der Waals surface area contributed by atoms with Crippen LogP contribution in [0.1, 0.15) is 23.0 Å². The molecule has 0 aliphatic rings. The van der Waals surface area contributed by atoms with Crippen LogP contribution in [-0.2, 0) is 0 Å². The second-order valence-electron chi connectivity index (χ2n) is 9.17. The Labute approximate surface area is 248 Å². The van der Waals surface area contributed by atoms with Gasteiger partial charge in [0.05, 0.1) is 12.3 Å². The molecule has 0 aliphatic carbocycles. The van der Waals surface area contributed by atoms with Gasteiger partial charge in [-0.25, -0.2) is 13.8 Å². The maximum atomic E-state index is 15.3. The lowest BCUT2D eigenvalue weighted by molar-refractivity contribution is 0.102. The van der Waals surface area contributed by atoms with Gasteiger partial charge in [-0.2, -0.15) is 4.39 Å². The smallest absolute Gasteiger partial charge is 0.271 e. The van der Waals surface area contributed by atoms with Crippen LogP contribution >= 0.6 is 0 Å². The number of amides is 1. The van der Waals surface area contributed by atoms with E-state index in [0.717, 1.165) is 12.3 Å². The molecule has 3 N–H and O–H groups in total. The van der Waals surface area contributed by atoms with Crippen molar-refractivity contribution in [3.63, 3.8) is 0 Å². The van der Waals surface area contributed by atoms with Gasteiger partial charge in [-0.15, -0.1) is 0 Å². The third-order valence-corrected chi connectivity index (χ3v) is 6.36. The average molecular weight is 600 g/mol. The topological polar surface area (TPSA) is 122 Å². The van der Waals surface area contributed by atoms with Crippen molar-refractivity contribution in [3.05, 3.63) is 131 Å². The number of nitrogens with one attached hydrogen (secondary N) is 3. The van der Waals surface area contributed by atoms with Gasteiger partial charge >= 0.3 is 0 Å². The van der Waals surface area contributed by atoms with E-state index in [1.807, 2.05) is 0 Å². The molecule has 0 aliphatic heterocycles. The number of nitrogens with zero attached hydrogens (tertiary/aromatic N) is 2. The van der Waals surface area contributed by atoms with Gasteiger partial charge in [-0.05, 0) is 67.1 Å². The molecule has 222 valence electrons. The number of rotatable bonds is 10. The second-order valence-corrected chi connectivity index (χ2v) is 9.17. The first-order valence-electron chi connectivity index (χ1n) is 13.2. The highest BCUT2D eigenvalue weighted by Gasteiger charge is 2.21. The third kappa shape index (κ3) is 6.28. The third-order valence-electron chi connectivity index (χ3n) is 6.36. The van der Waals surface area contributed by atoms with Gasteiger partial charge in [0, 0.05) is 60.0 Å². The lowest BCUT2D eigenvalue weighted by Crippen LogP contribution is -2.29. The van der Waals surface area contributed by atoms with Crippen LogP contribution in [0.3, 0.4) is 0 Å². The summed E-state index contributed by atoms with van der Waals surface area (Å²) in [5.41, 5.74) is 0.667. The first kappa shape index (κ1) is 29.6. The van der Waals surface area contributed by atoms with Crippen molar-refractivity contribution < 1.29 is 27.4 Å². The Morgan fingerprint density at radius 1 is 1.05 bits per heavy atom. The highest BCUT2D eigenvalue weighted by molar-refractivity contribution is 6.06. The molecule has 0 fully saturated rings. The van der Waals surface area contributed by atoms with Gasteiger partial charge in [0.2, 0.25) is 5.95 Å². The number of anilines is 1. The summed E-state index contributed by atoms with van der Waals surface area (Å²) in [4.78, 5) is 33.1. The lowest BCUT2D eigenvalue weighted by atomic mass is 10.1. The summed E-state index contributed by atoms with van der Waals surface area (Å²) in [6.45, 7) is 1.86. The number of ether oxygens (including phenoxy) is 2. The largest absolute Gasteiger partial charge is 0.493 e. The molecule has 0 bridgehead atoms. The van der Waals surface area contributed by atoms with Gasteiger partial charge in [0.1, 0.15) is 17.1 Å².